The van der Waals surface area contributed by atoms with Crippen LogP contribution in [0.5, 0.6) is 0 Å². The van der Waals surface area contributed by atoms with Gasteiger partial charge in [-0.25, -0.2) is 4.68 Å². The Balaban J connectivity index is 2.00. The van der Waals surface area contributed by atoms with Gasteiger partial charge in [0.1, 0.15) is 11.3 Å². The maximum Gasteiger partial charge on any atom is 0.410 e. The van der Waals surface area contributed by atoms with Gasteiger partial charge in [-0.15, -0.1) is 0 Å². The molecule has 1 heterocycles. The first kappa shape index (κ1) is 11.0. The Kier molecular flexibility index (Phi) is 3.14. The van der Waals surface area contributed by atoms with E-state index in [1.807, 2.05) is 7.05 Å². The van der Waals surface area contributed by atoms with Crippen LogP contribution < -0.4 is 5.32 Å². The molecule has 7 heteroatoms. The van der Waals surface area contributed by atoms with Crippen molar-refractivity contribution in [2.24, 2.45) is 0 Å². The fourth-order valence-electron chi connectivity index (χ4n) is 2.16. The van der Waals surface area contributed by atoms with E-state index in [0.717, 1.165) is 25.7 Å². The molecule has 7 nitrogen and oxygen atoms in total. The molecule has 0 aromatic carbocycles. The summed E-state index contributed by atoms with van der Waals surface area (Å²) < 4.78 is 1.63. The highest BCUT2D eigenvalue weighted by Crippen LogP contribution is 2.28. The number of rotatable bonds is 3. The SMILES string of the molecule is CNC1CCC(n2cc([N+](=O)[O-])nn2)CC1. The van der Waals surface area contributed by atoms with Crippen LogP contribution in [0.4, 0.5) is 5.82 Å². The summed E-state index contributed by atoms with van der Waals surface area (Å²) >= 11 is 0. The molecule has 1 fully saturated rings. The number of hydrogen-bond donors (Lipinski definition) is 1. The summed E-state index contributed by atoms with van der Waals surface area (Å²) in [4.78, 5) is 9.96. The van der Waals surface area contributed by atoms with Gasteiger partial charge in [0.25, 0.3) is 0 Å². The van der Waals surface area contributed by atoms with Gasteiger partial charge in [0.15, 0.2) is 0 Å². The van der Waals surface area contributed by atoms with E-state index in [1.165, 1.54) is 6.20 Å². The fraction of sp³-hybridized carbons (Fsp3) is 0.778. The molecule has 0 saturated heterocycles. The molecule has 0 amide bonds. The van der Waals surface area contributed by atoms with E-state index in [0.29, 0.717) is 6.04 Å². The molecule has 1 saturated carbocycles. The molecular formula is C9H15N5O2. The standard InChI is InChI=1S/C9H15N5O2/c1-10-7-2-4-8(5-3-7)13-6-9(11-12-13)14(15)16/h6-8,10H,2-5H2,1H3. The zero-order valence-corrected chi connectivity index (χ0v) is 9.17. The topological polar surface area (TPSA) is 85.9 Å². The van der Waals surface area contributed by atoms with Crippen molar-refractivity contribution in [3.63, 3.8) is 0 Å². The molecule has 0 spiro atoms. The van der Waals surface area contributed by atoms with Crippen molar-refractivity contribution in [3.05, 3.63) is 16.3 Å². The van der Waals surface area contributed by atoms with Gasteiger partial charge in [0, 0.05) is 6.04 Å². The molecule has 1 N–H and O–H groups in total. The first-order chi connectivity index (χ1) is 7.70. The Morgan fingerprint density at radius 2 is 2.19 bits per heavy atom. The molecule has 0 radical (unpaired) electrons. The molecule has 88 valence electrons. The summed E-state index contributed by atoms with van der Waals surface area (Å²) in [6, 6.07) is 0.820. The van der Waals surface area contributed by atoms with Gasteiger partial charge < -0.3 is 15.4 Å². The molecular weight excluding hydrogens is 210 g/mol. The van der Waals surface area contributed by atoms with Gasteiger partial charge in [-0.3, -0.25) is 0 Å². The van der Waals surface area contributed by atoms with Crippen LogP contribution in [0.15, 0.2) is 6.20 Å². The molecule has 0 atom stereocenters. The number of nitrogens with one attached hydrogen (secondary N) is 1. The van der Waals surface area contributed by atoms with E-state index >= 15 is 0 Å². The third-order valence-corrected chi connectivity index (χ3v) is 3.16. The predicted octanol–water partition coefficient (Wildman–Crippen LogP) is 0.889. The van der Waals surface area contributed by atoms with Crippen LogP contribution in [0.1, 0.15) is 31.7 Å². The molecule has 0 bridgehead atoms. The third kappa shape index (κ3) is 2.19. The van der Waals surface area contributed by atoms with Gasteiger partial charge >= 0.3 is 5.82 Å². The Labute approximate surface area is 93.0 Å². The maximum atomic E-state index is 10.5. The van der Waals surface area contributed by atoms with Crippen molar-refractivity contribution in [1.29, 1.82) is 0 Å². The lowest BCUT2D eigenvalue weighted by Crippen LogP contribution is -2.31. The molecule has 16 heavy (non-hydrogen) atoms. The van der Waals surface area contributed by atoms with Crippen LogP contribution in [-0.2, 0) is 0 Å². The highest BCUT2D eigenvalue weighted by atomic mass is 16.6. The molecule has 1 aromatic rings. The predicted molar refractivity (Wildman–Crippen MR) is 57.0 cm³/mol. The van der Waals surface area contributed by atoms with Crippen molar-refractivity contribution in [2.45, 2.75) is 37.8 Å². The lowest BCUT2D eigenvalue weighted by Gasteiger charge is -2.27. The van der Waals surface area contributed by atoms with Crippen molar-refractivity contribution in [2.75, 3.05) is 7.05 Å². The minimum absolute atomic E-state index is 0.171. The molecule has 1 aliphatic rings. The highest BCUT2D eigenvalue weighted by Gasteiger charge is 2.24. The Hall–Kier alpha value is -1.50. The average molecular weight is 225 g/mol. The summed E-state index contributed by atoms with van der Waals surface area (Å²) in [5, 5.41) is 21.1. The summed E-state index contributed by atoms with van der Waals surface area (Å²) in [7, 11) is 1.96. The average Bonchev–Trinajstić information content (AvgIpc) is 2.78. The van der Waals surface area contributed by atoms with Crippen LogP contribution >= 0.6 is 0 Å². The Morgan fingerprint density at radius 1 is 1.50 bits per heavy atom. The lowest BCUT2D eigenvalue weighted by molar-refractivity contribution is -0.389. The van der Waals surface area contributed by atoms with Gasteiger partial charge in [-0.05, 0) is 37.7 Å². The molecule has 0 aliphatic heterocycles. The van der Waals surface area contributed by atoms with Crippen LogP contribution in [0.3, 0.4) is 0 Å². The van der Waals surface area contributed by atoms with Gasteiger partial charge in [0.05, 0.1) is 11.3 Å². The minimum Gasteiger partial charge on any atom is -0.358 e. The van der Waals surface area contributed by atoms with Crippen LogP contribution in [0.25, 0.3) is 0 Å². The number of hydrogen-bond acceptors (Lipinski definition) is 5. The number of aromatic nitrogens is 3. The highest BCUT2D eigenvalue weighted by molar-refractivity contribution is 5.09. The van der Waals surface area contributed by atoms with E-state index in [1.54, 1.807) is 4.68 Å². The molecule has 1 aromatic heterocycles. The Morgan fingerprint density at radius 3 is 2.69 bits per heavy atom. The summed E-state index contributed by atoms with van der Waals surface area (Å²) in [5.41, 5.74) is 0. The minimum atomic E-state index is -0.511. The van der Waals surface area contributed by atoms with Crippen molar-refractivity contribution >= 4 is 5.82 Å². The van der Waals surface area contributed by atoms with Crippen LogP contribution in [0, 0.1) is 10.1 Å². The number of nitro groups is 1. The first-order valence-corrected chi connectivity index (χ1v) is 5.44. The smallest absolute Gasteiger partial charge is 0.358 e. The quantitative estimate of drug-likeness (QED) is 0.609. The van der Waals surface area contributed by atoms with E-state index < -0.39 is 4.92 Å². The second-order valence-corrected chi connectivity index (χ2v) is 4.11. The van der Waals surface area contributed by atoms with Crippen molar-refractivity contribution in [1.82, 2.24) is 20.3 Å². The van der Waals surface area contributed by atoms with Crippen LogP contribution in [0.2, 0.25) is 0 Å². The van der Waals surface area contributed by atoms with Crippen molar-refractivity contribution < 1.29 is 4.92 Å². The summed E-state index contributed by atoms with van der Waals surface area (Å²) in [5.74, 6) is -0.171. The third-order valence-electron chi connectivity index (χ3n) is 3.16. The second-order valence-electron chi connectivity index (χ2n) is 4.11. The zero-order valence-electron chi connectivity index (χ0n) is 9.17. The largest absolute Gasteiger partial charge is 0.410 e. The molecule has 2 rings (SSSR count). The fourth-order valence-corrected chi connectivity index (χ4v) is 2.16. The first-order valence-electron chi connectivity index (χ1n) is 5.44. The van der Waals surface area contributed by atoms with Crippen LogP contribution in [-0.4, -0.2) is 33.0 Å². The Bertz CT molecular complexity index is 370. The van der Waals surface area contributed by atoms with E-state index in [9.17, 15) is 10.1 Å². The zero-order chi connectivity index (χ0) is 11.5. The maximum absolute atomic E-state index is 10.5. The van der Waals surface area contributed by atoms with E-state index in [4.69, 9.17) is 0 Å². The second kappa shape index (κ2) is 4.56. The monoisotopic (exact) mass is 225 g/mol. The summed E-state index contributed by atoms with van der Waals surface area (Å²) in [6.07, 6.45) is 5.56. The lowest BCUT2D eigenvalue weighted by atomic mass is 9.91. The summed E-state index contributed by atoms with van der Waals surface area (Å²) in [6.45, 7) is 0. The molecule has 0 unspecified atom stereocenters. The van der Waals surface area contributed by atoms with Gasteiger partial charge in [-0.2, -0.15) is 0 Å². The molecule has 1 aliphatic carbocycles. The van der Waals surface area contributed by atoms with Gasteiger partial charge in [0.2, 0.25) is 0 Å². The van der Waals surface area contributed by atoms with Gasteiger partial charge in [-0.1, -0.05) is 0 Å². The number of nitrogens with zero attached hydrogens (tertiary/aromatic N) is 4. The van der Waals surface area contributed by atoms with E-state index in [2.05, 4.69) is 15.6 Å². The normalized spacial score (nSPS) is 25.6. The van der Waals surface area contributed by atoms with E-state index in [-0.39, 0.29) is 11.9 Å². The van der Waals surface area contributed by atoms with Crippen molar-refractivity contribution in [3.8, 4) is 0 Å².